The van der Waals surface area contributed by atoms with Crippen molar-refractivity contribution in [2.45, 2.75) is 25.6 Å². The highest BCUT2D eigenvalue weighted by Crippen LogP contribution is 2.35. The molecule has 0 bridgehead atoms. The molecule has 11 heavy (non-hydrogen) atoms. The minimum Gasteiger partial charge on any atom is -0.466 e. The first-order valence-corrected chi connectivity index (χ1v) is 3.50. The molecule has 0 spiro atoms. The molecule has 1 aliphatic rings. The molecule has 0 amide bonds. The quantitative estimate of drug-likeness (QED) is 0.338. The first kappa shape index (κ1) is 8.27. The monoisotopic (exact) mass is 156 g/mol. The molecular weight excluding hydrogens is 144 g/mol. The van der Waals surface area contributed by atoms with Crippen LogP contribution in [0.25, 0.3) is 0 Å². The van der Waals surface area contributed by atoms with Crippen molar-refractivity contribution < 1.29 is 14.3 Å². The molecule has 1 rings (SSSR count). The van der Waals surface area contributed by atoms with Crippen molar-refractivity contribution in [3.8, 4) is 0 Å². The summed E-state index contributed by atoms with van der Waals surface area (Å²) in [6.45, 7) is 3.94. The molecule has 1 heterocycles. The van der Waals surface area contributed by atoms with Crippen LogP contribution in [0.3, 0.4) is 0 Å². The first-order valence-electron chi connectivity index (χ1n) is 3.50. The van der Waals surface area contributed by atoms with Gasteiger partial charge in [0.1, 0.15) is 6.10 Å². The minimum atomic E-state index is -0.337. The van der Waals surface area contributed by atoms with Crippen molar-refractivity contribution in [3.05, 3.63) is 12.2 Å². The fourth-order valence-corrected chi connectivity index (χ4v) is 0.798. The van der Waals surface area contributed by atoms with Crippen LogP contribution in [-0.4, -0.2) is 24.8 Å². The van der Waals surface area contributed by atoms with Gasteiger partial charge < -0.3 is 9.47 Å². The molecule has 0 unspecified atom stereocenters. The number of carbonyl (C=O) groups excluding carboxylic acids is 1. The van der Waals surface area contributed by atoms with E-state index in [0.717, 1.165) is 0 Å². The Bertz CT molecular complexity index is 194. The molecule has 3 heteroatoms. The Labute approximate surface area is 66.0 Å². The van der Waals surface area contributed by atoms with Crippen LogP contribution in [0.4, 0.5) is 0 Å². The molecule has 0 aromatic rings. The van der Waals surface area contributed by atoms with Gasteiger partial charge in [-0.05, 0) is 19.9 Å². The number of hydrogen-bond acceptors (Lipinski definition) is 3. The maximum atomic E-state index is 10.6. The number of rotatable bonds is 2. The van der Waals surface area contributed by atoms with Gasteiger partial charge in [0.05, 0.1) is 12.7 Å². The average molecular weight is 156 g/mol. The smallest absolute Gasteiger partial charge is 0.330 e. The largest absolute Gasteiger partial charge is 0.466 e. The molecule has 0 aromatic carbocycles. The zero-order valence-corrected chi connectivity index (χ0v) is 6.96. The lowest BCUT2D eigenvalue weighted by Gasteiger charge is -1.89. The van der Waals surface area contributed by atoms with Crippen LogP contribution in [0, 0.1) is 0 Å². The van der Waals surface area contributed by atoms with Crippen molar-refractivity contribution in [3.63, 3.8) is 0 Å². The molecule has 0 N–H and O–H groups in total. The van der Waals surface area contributed by atoms with E-state index in [2.05, 4.69) is 4.74 Å². The summed E-state index contributed by atoms with van der Waals surface area (Å²) in [7, 11) is 1.35. The summed E-state index contributed by atoms with van der Waals surface area (Å²) in [6.07, 6.45) is 3.17. The van der Waals surface area contributed by atoms with E-state index in [1.54, 1.807) is 6.08 Å². The van der Waals surface area contributed by atoms with Crippen LogP contribution in [0.15, 0.2) is 12.2 Å². The summed E-state index contributed by atoms with van der Waals surface area (Å²) in [5.74, 6) is -0.337. The van der Waals surface area contributed by atoms with Crippen LogP contribution in [0.1, 0.15) is 13.8 Å². The Kier molecular flexibility index (Phi) is 2.00. The third-order valence-electron chi connectivity index (χ3n) is 1.67. The van der Waals surface area contributed by atoms with Crippen molar-refractivity contribution >= 4 is 5.97 Å². The topological polar surface area (TPSA) is 38.8 Å². The standard InChI is InChI=1S/C8H12O3/c1-8(2)6(11-8)4-5-7(9)10-3/h4-6H,1-3H3/b5-4+/t6-/m1/s1. The maximum Gasteiger partial charge on any atom is 0.330 e. The summed E-state index contributed by atoms with van der Waals surface area (Å²) in [6, 6.07) is 0. The van der Waals surface area contributed by atoms with E-state index in [-0.39, 0.29) is 17.7 Å². The highest BCUT2D eigenvalue weighted by Gasteiger charge is 2.45. The number of ether oxygens (including phenoxy) is 2. The number of methoxy groups -OCH3 is 1. The second-order valence-electron chi connectivity index (χ2n) is 3.02. The molecule has 1 atom stereocenters. The molecule has 3 nitrogen and oxygen atoms in total. The SMILES string of the molecule is COC(=O)/C=C/[C@H]1OC1(C)C. The molecule has 1 aliphatic heterocycles. The molecule has 0 aliphatic carbocycles. The van der Waals surface area contributed by atoms with Gasteiger partial charge >= 0.3 is 5.97 Å². The van der Waals surface area contributed by atoms with Crippen LogP contribution in [-0.2, 0) is 14.3 Å². The lowest BCUT2D eigenvalue weighted by molar-refractivity contribution is -0.134. The second-order valence-corrected chi connectivity index (χ2v) is 3.02. The van der Waals surface area contributed by atoms with Gasteiger partial charge in [-0.2, -0.15) is 0 Å². The van der Waals surface area contributed by atoms with Crippen molar-refractivity contribution in [1.82, 2.24) is 0 Å². The fraction of sp³-hybridized carbons (Fsp3) is 0.625. The molecule has 62 valence electrons. The highest BCUT2D eigenvalue weighted by molar-refractivity contribution is 5.81. The average Bonchev–Trinajstić information content (AvgIpc) is 2.54. The molecule has 0 saturated carbocycles. The Morgan fingerprint density at radius 3 is 2.55 bits per heavy atom. The Morgan fingerprint density at radius 1 is 1.64 bits per heavy atom. The molecule has 1 saturated heterocycles. The molecular formula is C8H12O3. The van der Waals surface area contributed by atoms with E-state index in [0.29, 0.717) is 0 Å². The van der Waals surface area contributed by atoms with Gasteiger partial charge in [-0.3, -0.25) is 0 Å². The Balaban J connectivity index is 2.33. The Hall–Kier alpha value is -0.830. The summed E-state index contributed by atoms with van der Waals surface area (Å²) in [4.78, 5) is 10.6. The van der Waals surface area contributed by atoms with Gasteiger partial charge in [0, 0.05) is 6.08 Å². The van der Waals surface area contributed by atoms with Crippen LogP contribution < -0.4 is 0 Å². The third kappa shape index (κ3) is 2.05. The van der Waals surface area contributed by atoms with Crippen LogP contribution >= 0.6 is 0 Å². The summed E-state index contributed by atoms with van der Waals surface area (Å²) >= 11 is 0. The second kappa shape index (κ2) is 2.66. The summed E-state index contributed by atoms with van der Waals surface area (Å²) in [5, 5.41) is 0. The maximum absolute atomic E-state index is 10.6. The van der Waals surface area contributed by atoms with Crippen LogP contribution in [0.2, 0.25) is 0 Å². The van der Waals surface area contributed by atoms with Crippen molar-refractivity contribution in [1.29, 1.82) is 0 Å². The van der Waals surface area contributed by atoms with Gasteiger partial charge in [-0.15, -0.1) is 0 Å². The molecule has 0 aromatic heterocycles. The predicted molar refractivity (Wildman–Crippen MR) is 40.1 cm³/mol. The molecule has 0 radical (unpaired) electrons. The normalized spacial score (nSPS) is 27.0. The minimum absolute atomic E-state index is 0.0709. The highest BCUT2D eigenvalue weighted by atomic mass is 16.6. The Morgan fingerprint density at radius 2 is 2.18 bits per heavy atom. The summed E-state index contributed by atoms with van der Waals surface area (Å²) < 4.78 is 9.62. The van der Waals surface area contributed by atoms with Gasteiger partial charge in [-0.25, -0.2) is 4.79 Å². The van der Waals surface area contributed by atoms with Gasteiger partial charge in [0.2, 0.25) is 0 Å². The molecule has 1 fully saturated rings. The number of carbonyl (C=O) groups is 1. The first-order chi connectivity index (χ1) is 5.06. The van der Waals surface area contributed by atoms with Gasteiger partial charge in [-0.1, -0.05) is 0 Å². The van der Waals surface area contributed by atoms with E-state index in [1.807, 2.05) is 13.8 Å². The zero-order chi connectivity index (χ0) is 8.48. The summed E-state index contributed by atoms with van der Waals surface area (Å²) in [5.41, 5.74) is -0.0927. The van der Waals surface area contributed by atoms with E-state index in [4.69, 9.17) is 4.74 Å². The van der Waals surface area contributed by atoms with Crippen molar-refractivity contribution in [2.75, 3.05) is 7.11 Å². The van der Waals surface area contributed by atoms with E-state index < -0.39 is 0 Å². The van der Waals surface area contributed by atoms with E-state index >= 15 is 0 Å². The number of esters is 1. The number of hydrogen-bond donors (Lipinski definition) is 0. The van der Waals surface area contributed by atoms with E-state index in [9.17, 15) is 4.79 Å². The third-order valence-corrected chi connectivity index (χ3v) is 1.67. The van der Waals surface area contributed by atoms with Crippen LogP contribution in [0.5, 0.6) is 0 Å². The van der Waals surface area contributed by atoms with Crippen molar-refractivity contribution in [2.24, 2.45) is 0 Å². The van der Waals surface area contributed by atoms with E-state index in [1.165, 1.54) is 13.2 Å². The lowest BCUT2D eigenvalue weighted by atomic mass is 10.1. The number of epoxide rings is 1. The van der Waals surface area contributed by atoms with Gasteiger partial charge in [0.15, 0.2) is 0 Å². The predicted octanol–water partition coefficient (Wildman–Crippen LogP) is 0.893. The lowest BCUT2D eigenvalue weighted by Crippen LogP contribution is -2.01. The zero-order valence-electron chi connectivity index (χ0n) is 6.96. The fourth-order valence-electron chi connectivity index (χ4n) is 0.798. The van der Waals surface area contributed by atoms with Gasteiger partial charge in [0.25, 0.3) is 0 Å².